The summed E-state index contributed by atoms with van der Waals surface area (Å²) in [5.41, 5.74) is 0.976. The molecule has 7 heteroatoms. The zero-order valence-electron chi connectivity index (χ0n) is 15.4. The first kappa shape index (κ1) is 20.6. The normalized spacial score (nSPS) is 16.9. The van der Waals surface area contributed by atoms with Crippen LogP contribution >= 0.6 is 0 Å². The lowest BCUT2D eigenvalue weighted by Gasteiger charge is -2.32. The summed E-state index contributed by atoms with van der Waals surface area (Å²) in [6, 6.07) is 6.90. The molecule has 1 aliphatic heterocycles. The fraction of sp³-hybridized carbons (Fsp3) is 0.632. The fourth-order valence-corrected chi connectivity index (χ4v) is 3.13. The van der Waals surface area contributed by atoms with Crippen molar-refractivity contribution in [1.29, 1.82) is 0 Å². The Morgan fingerprint density at radius 2 is 2.08 bits per heavy atom. The number of hydrogen-bond acceptors (Lipinski definition) is 2. The van der Waals surface area contributed by atoms with E-state index >= 15 is 0 Å². The molecular formula is C19H29F3N4. The number of nitrogens with zero attached hydrogens (tertiary/aromatic N) is 2. The molecule has 4 nitrogen and oxygen atoms in total. The first-order valence-corrected chi connectivity index (χ1v) is 9.36. The molecule has 1 saturated heterocycles. The van der Waals surface area contributed by atoms with E-state index in [1.807, 2.05) is 17.9 Å². The van der Waals surface area contributed by atoms with Gasteiger partial charge in [0.15, 0.2) is 5.96 Å². The molecule has 0 amide bonds. The highest BCUT2D eigenvalue weighted by Crippen LogP contribution is 2.12. The predicted octanol–water partition coefficient (Wildman–Crippen LogP) is 3.04. The summed E-state index contributed by atoms with van der Waals surface area (Å²) in [6.45, 7) is 4.65. The molecule has 1 aliphatic rings. The van der Waals surface area contributed by atoms with Gasteiger partial charge in [0.2, 0.25) is 0 Å². The van der Waals surface area contributed by atoms with Gasteiger partial charge >= 0.3 is 0 Å². The molecule has 2 N–H and O–H groups in total. The van der Waals surface area contributed by atoms with Crippen molar-refractivity contribution in [3.8, 4) is 0 Å². The van der Waals surface area contributed by atoms with Gasteiger partial charge in [0.1, 0.15) is 5.82 Å². The highest BCUT2D eigenvalue weighted by atomic mass is 19.3. The largest absolute Gasteiger partial charge is 0.357 e. The zero-order chi connectivity index (χ0) is 18.8. The number of benzene rings is 1. The Labute approximate surface area is 153 Å². The fourth-order valence-electron chi connectivity index (χ4n) is 3.13. The Hall–Kier alpha value is -1.76. The van der Waals surface area contributed by atoms with Crippen molar-refractivity contribution in [3.05, 3.63) is 35.6 Å². The number of piperidine rings is 1. The van der Waals surface area contributed by atoms with Crippen LogP contribution in [0.25, 0.3) is 0 Å². The number of rotatable bonds is 8. The van der Waals surface area contributed by atoms with Gasteiger partial charge in [-0.2, -0.15) is 0 Å². The van der Waals surface area contributed by atoms with Gasteiger partial charge in [-0.15, -0.1) is 0 Å². The van der Waals surface area contributed by atoms with Crippen LogP contribution in [0.15, 0.2) is 29.3 Å². The molecule has 1 fully saturated rings. The molecule has 0 atom stereocenters. The van der Waals surface area contributed by atoms with E-state index in [1.165, 1.54) is 6.07 Å². The maximum Gasteiger partial charge on any atom is 0.251 e. The molecular weight excluding hydrogens is 341 g/mol. The van der Waals surface area contributed by atoms with Crippen molar-refractivity contribution in [3.63, 3.8) is 0 Å². The molecule has 26 heavy (non-hydrogen) atoms. The second kappa shape index (κ2) is 11.1. The number of guanidine groups is 1. The van der Waals surface area contributed by atoms with Gasteiger partial charge in [-0.25, -0.2) is 13.2 Å². The quantitative estimate of drug-likeness (QED) is 0.420. The van der Waals surface area contributed by atoms with Crippen molar-refractivity contribution in [2.75, 3.05) is 32.7 Å². The second-order valence-corrected chi connectivity index (χ2v) is 6.60. The Kier molecular flexibility index (Phi) is 8.74. The number of alkyl halides is 2. The van der Waals surface area contributed by atoms with Crippen LogP contribution in [-0.2, 0) is 6.42 Å². The second-order valence-electron chi connectivity index (χ2n) is 6.60. The Balaban J connectivity index is 1.74. The summed E-state index contributed by atoms with van der Waals surface area (Å²) in [5, 5.41) is 6.63. The molecule has 0 radical (unpaired) electrons. The average molecular weight is 370 g/mol. The van der Waals surface area contributed by atoms with Gasteiger partial charge in [0, 0.05) is 32.2 Å². The highest BCUT2D eigenvalue weighted by molar-refractivity contribution is 5.80. The van der Waals surface area contributed by atoms with E-state index in [2.05, 4.69) is 15.6 Å². The number of halogens is 3. The first-order valence-electron chi connectivity index (χ1n) is 9.36. The number of likely N-dealkylation sites (tertiary alicyclic amines) is 1. The predicted molar refractivity (Wildman–Crippen MR) is 99.3 cm³/mol. The Morgan fingerprint density at radius 1 is 1.31 bits per heavy atom. The molecule has 1 heterocycles. The van der Waals surface area contributed by atoms with Crippen LogP contribution in [0.1, 0.15) is 31.7 Å². The van der Waals surface area contributed by atoms with Gasteiger partial charge < -0.3 is 10.6 Å². The van der Waals surface area contributed by atoms with Crippen LogP contribution in [0.5, 0.6) is 0 Å². The van der Waals surface area contributed by atoms with Gasteiger partial charge in [-0.05, 0) is 50.3 Å². The SMILES string of the molecule is CCNC(=NCCCc1cccc(F)c1)NC1CCN(CC(F)F)CC1. The maximum absolute atomic E-state index is 13.2. The third-order valence-corrected chi connectivity index (χ3v) is 4.45. The molecule has 0 unspecified atom stereocenters. The van der Waals surface area contributed by atoms with Crippen LogP contribution in [0.4, 0.5) is 13.2 Å². The topological polar surface area (TPSA) is 39.7 Å². The summed E-state index contributed by atoms with van der Waals surface area (Å²) in [5.74, 6) is 0.554. The number of aliphatic imine (C=N–C) groups is 1. The number of nitrogens with one attached hydrogen (secondary N) is 2. The lowest BCUT2D eigenvalue weighted by Crippen LogP contribution is -2.49. The first-order chi connectivity index (χ1) is 12.6. The van der Waals surface area contributed by atoms with Crippen LogP contribution < -0.4 is 10.6 Å². The van der Waals surface area contributed by atoms with E-state index < -0.39 is 6.43 Å². The molecule has 0 spiro atoms. The lowest BCUT2D eigenvalue weighted by atomic mass is 10.1. The van der Waals surface area contributed by atoms with Crippen molar-refractivity contribution in [2.45, 2.75) is 45.1 Å². The minimum absolute atomic E-state index is 0.138. The highest BCUT2D eigenvalue weighted by Gasteiger charge is 2.21. The van der Waals surface area contributed by atoms with Crippen LogP contribution in [0.2, 0.25) is 0 Å². The zero-order valence-corrected chi connectivity index (χ0v) is 15.4. The lowest BCUT2D eigenvalue weighted by molar-refractivity contribution is 0.0744. The van der Waals surface area contributed by atoms with E-state index in [0.29, 0.717) is 19.6 Å². The third kappa shape index (κ3) is 7.64. The van der Waals surface area contributed by atoms with Crippen LogP contribution in [-0.4, -0.2) is 56.1 Å². The molecule has 0 aliphatic carbocycles. The van der Waals surface area contributed by atoms with E-state index in [4.69, 9.17) is 0 Å². The summed E-state index contributed by atoms with van der Waals surface area (Å²) < 4.78 is 38.0. The molecule has 1 aromatic carbocycles. The van der Waals surface area contributed by atoms with E-state index in [1.54, 1.807) is 12.1 Å². The van der Waals surface area contributed by atoms with E-state index in [-0.39, 0.29) is 18.4 Å². The van der Waals surface area contributed by atoms with Crippen molar-refractivity contribution >= 4 is 5.96 Å². The molecule has 0 aromatic heterocycles. The number of hydrogen-bond donors (Lipinski definition) is 2. The van der Waals surface area contributed by atoms with Crippen molar-refractivity contribution in [1.82, 2.24) is 15.5 Å². The average Bonchev–Trinajstić information content (AvgIpc) is 2.60. The van der Waals surface area contributed by atoms with Gasteiger partial charge in [-0.3, -0.25) is 9.89 Å². The summed E-state index contributed by atoms with van der Waals surface area (Å²) in [7, 11) is 0. The maximum atomic E-state index is 13.2. The monoisotopic (exact) mass is 370 g/mol. The van der Waals surface area contributed by atoms with Crippen LogP contribution in [0.3, 0.4) is 0 Å². The molecule has 0 bridgehead atoms. The van der Waals surface area contributed by atoms with Gasteiger partial charge in [0.05, 0.1) is 6.54 Å². The minimum atomic E-state index is -2.27. The van der Waals surface area contributed by atoms with E-state index in [0.717, 1.165) is 43.8 Å². The standard InChI is InChI=1S/C19H29F3N4/c1-2-23-19(24-10-4-6-15-5-3-7-16(20)13-15)25-17-8-11-26(12-9-17)14-18(21)22/h3,5,7,13,17-18H,2,4,6,8-12,14H2,1H3,(H2,23,24,25). The van der Waals surface area contributed by atoms with Gasteiger partial charge in [-0.1, -0.05) is 12.1 Å². The Morgan fingerprint density at radius 3 is 2.73 bits per heavy atom. The molecule has 1 aromatic rings. The minimum Gasteiger partial charge on any atom is -0.357 e. The Bertz CT molecular complexity index is 557. The third-order valence-electron chi connectivity index (χ3n) is 4.45. The summed E-state index contributed by atoms with van der Waals surface area (Å²) >= 11 is 0. The van der Waals surface area contributed by atoms with Crippen molar-refractivity contribution in [2.24, 2.45) is 4.99 Å². The molecule has 0 saturated carbocycles. The molecule has 146 valence electrons. The number of aryl methyl sites for hydroxylation is 1. The molecule has 2 rings (SSSR count). The van der Waals surface area contributed by atoms with E-state index in [9.17, 15) is 13.2 Å². The van der Waals surface area contributed by atoms with Gasteiger partial charge in [0.25, 0.3) is 6.43 Å². The van der Waals surface area contributed by atoms with Crippen LogP contribution in [0, 0.1) is 5.82 Å². The summed E-state index contributed by atoms with van der Waals surface area (Å²) in [4.78, 5) is 6.39. The summed E-state index contributed by atoms with van der Waals surface area (Å²) in [6.07, 6.45) is 1.02. The van der Waals surface area contributed by atoms with Crippen molar-refractivity contribution < 1.29 is 13.2 Å². The smallest absolute Gasteiger partial charge is 0.251 e.